The number of H-pyrrole nitrogens is 1. The molecule has 32 heavy (non-hydrogen) atoms. The molecule has 0 spiro atoms. The minimum absolute atomic E-state index is 0.000113. The van der Waals surface area contributed by atoms with Gasteiger partial charge in [-0.15, -0.1) is 0 Å². The molecule has 10 heteroatoms. The van der Waals surface area contributed by atoms with E-state index in [2.05, 4.69) is 25.5 Å². The molecule has 0 unspecified atom stereocenters. The van der Waals surface area contributed by atoms with E-state index in [-0.39, 0.29) is 23.3 Å². The van der Waals surface area contributed by atoms with Gasteiger partial charge in [0.25, 0.3) is 5.56 Å². The lowest BCUT2D eigenvalue weighted by Gasteiger charge is -2.12. The number of hydrogen-bond acceptors (Lipinski definition) is 6. The van der Waals surface area contributed by atoms with Crippen molar-refractivity contribution in [2.45, 2.75) is 32.6 Å². The highest BCUT2D eigenvalue weighted by atomic mass is 16.5. The largest absolute Gasteiger partial charge is 0.494 e. The van der Waals surface area contributed by atoms with Gasteiger partial charge in [0.15, 0.2) is 5.65 Å². The van der Waals surface area contributed by atoms with Gasteiger partial charge in [-0.1, -0.05) is 25.0 Å². The highest BCUT2D eigenvalue weighted by molar-refractivity contribution is 5.92. The Bertz CT molecular complexity index is 1360. The van der Waals surface area contributed by atoms with Crippen LogP contribution in [0, 0.1) is 12.8 Å². The second-order valence-electron chi connectivity index (χ2n) is 7.91. The van der Waals surface area contributed by atoms with E-state index < -0.39 is 0 Å². The van der Waals surface area contributed by atoms with Gasteiger partial charge in [-0.25, -0.2) is 4.68 Å². The van der Waals surface area contributed by atoms with E-state index in [1.165, 1.54) is 10.9 Å². The Morgan fingerprint density at radius 3 is 2.78 bits per heavy atom. The minimum atomic E-state index is -0.354. The van der Waals surface area contributed by atoms with Crippen molar-refractivity contribution < 1.29 is 9.53 Å². The fourth-order valence-corrected chi connectivity index (χ4v) is 4.15. The summed E-state index contributed by atoms with van der Waals surface area (Å²) in [5, 5.41) is 12.1. The topological polar surface area (TPSA) is 120 Å². The quantitative estimate of drug-likeness (QED) is 0.499. The number of benzene rings is 1. The van der Waals surface area contributed by atoms with Crippen LogP contribution in [0.4, 0.5) is 5.82 Å². The van der Waals surface area contributed by atoms with Gasteiger partial charge in [0.1, 0.15) is 22.6 Å². The van der Waals surface area contributed by atoms with Crippen molar-refractivity contribution in [1.82, 2.24) is 29.5 Å². The molecule has 0 atom stereocenters. The molecule has 4 aromatic rings. The minimum Gasteiger partial charge on any atom is -0.494 e. The lowest BCUT2D eigenvalue weighted by molar-refractivity contribution is -0.119. The molecule has 0 radical (unpaired) electrons. The third-order valence-corrected chi connectivity index (χ3v) is 5.75. The van der Waals surface area contributed by atoms with Crippen LogP contribution < -0.4 is 15.6 Å². The van der Waals surface area contributed by atoms with E-state index in [0.29, 0.717) is 34.0 Å². The molecule has 10 nitrogen and oxygen atoms in total. The molecule has 0 aliphatic heterocycles. The Hall–Kier alpha value is -3.95. The summed E-state index contributed by atoms with van der Waals surface area (Å²) in [4.78, 5) is 32.9. The summed E-state index contributed by atoms with van der Waals surface area (Å²) in [6, 6.07) is 9.11. The van der Waals surface area contributed by atoms with Crippen LogP contribution in [0.2, 0.25) is 0 Å². The van der Waals surface area contributed by atoms with Gasteiger partial charge >= 0.3 is 0 Å². The number of aromatic nitrogens is 6. The van der Waals surface area contributed by atoms with Crippen LogP contribution in [0.15, 0.2) is 41.3 Å². The Morgan fingerprint density at radius 2 is 2.00 bits per heavy atom. The van der Waals surface area contributed by atoms with Crippen LogP contribution in [0.1, 0.15) is 31.4 Å². The summed E-state index contributed by atoms with van der Waals surface area (Å²) in [7, 11) is 1.57. The van der Waals surface area contributed by atoms with E-state index in [4.69, 9.17) is 4.74 Å². The molecule has 5 rings (SSSR count). The van der Waals surface area contributed by atoms with Gasteiger partial charge in [-0.05, 0) is 31.9 Å². The number of fused-ring (bicyclic) bond motifs is 1. The van der Waals surface area contributed by atoms with Gasteiger partial charge < -0.3 is 10.1 Å². The summed E-state index contributed by atoms with van der Waals surface area (Å²) in [6.45, 7) is 1.82. The second kappa shape index (κ2) is 7.95. The smallest absolute Gasteiger partial charge is 0.263 e. The van der Waals surface area contributed by atoms with Crippen molar-refractivity contribution in [2.75, 3.05) is 12.4 Å². The first-order valence-electron chi connectivity index (χ1n) is 10.5. The van der Waals surface area contributed by atoms with E-state index in [9.17, 15) is 9.59 Å². The first-order chi connectivity index (χ1) is 15.5. The van der Waals surface area contributed by atoms with Gasteiger partial charge in [-0.2, -0.15) is 19.9 Å². The molecule has 1 fully saturated rings. The van der Waals surface area contributed by atoms with Crippen LogP contribution in [0.5, 0.6) is 5.75 Å². The van der Waals surface area contributed by atoms with E-state index in [0.717, 1.165) is 25.7 Å². The molecule has 2 N–H and O–H groups in total. The Morgan fingerprint density at radius 1 is 1.22 bits per heavy atom. The van der Waals surface area contributed by atoms with Crippen molar-refractivity contribution in [1.29, 1.82) is 0 Å². The van der Waals surface area contributed by atoms with Gasteiger partial charge in [0.2, 0.25) is 11.9 Å². The van der Waals surface area contributed by atoms with E-state index in [1.807, 2.05) is 31.2 Å². The SMILES string of the molecule is COc1ccccc1-n1ncc2c(=O)[nH]c(-n3nc(C)cc3NC(=O)C3CCCC3)nc21. The van der Waals surface area contributed by atoms with Crippen LogP contribution >= 0.6 is 0 Å². The number of anilines is 1. The van der Waals surface area contributed by atoms with Crippen molar-refractivity contribution in [3.05, 3.63) is 52.6 Å². The summed E-state index contributed by atoms with van der Waals surface area (Å²) in [5.41, 5.74) is 1.34. The summed E-state index contributed by atoms with van der Waals surface area (Å²) in [5.74, 6) is 1.21. The molecule has 1 saturated carbocycles. The molecule has 3 aromatic heterocycles. The number of nitrogens with zero attached hydrogens (tertiary/aromatic N) is 5. The van der Waals surface area contributed by atoms with Gasteiger partial charge in [0.05, 0.1) is 19.0 Å². The molecule has 3 heterocycles. The molecule has 1 aliphatic rings. The lowest BCUT2D eigenvalue weighted by Crippen LogP contribution is -2.23. The third-order valence-electron chi connectivity index (χ3n) is 5.75. The van der Waals surface area contributed by atoms with Crippen molar-refractivity contribution >= 4 is 22.8 Å². The maximum Gasteiger partial charge on any atom is 0.263 e. The maximum absolute atomic E-state index is 12.8. The monoisotopic (exact) mass is 433 g/mol. The van der Waals surface area contributed by atoms with Crippen molar-refractivity contribution in [3.8, 4) is 17.4 Å². The Balaban J connectivity index is 1.60. The fraction of sp³-hybridized carbons (Fsp3) is 0.318. The highest BCUT2D eigenvalue weighted by Gasteiger charge is 2.24. The number of rotatable bonds is 5. The molecule has 1 amide bonds. The number of aromatic amines is 1. The summed E-state index contributed by atoms with van der Waals surface area (Å²) >= 11 is 0. The summed E-state index contributed by atoms with van der Waals surface area (Å²) in [6.07, 6.45) is 5.37. The number of aryl methyl sites for hydroxylation is 1. The lowest BCUT2D eigenvalue weighted by atomic mass is 10.1. The molecule has 1 aromatic carbocycles. The average Bonchev–Trinajstić information content (AvgIpc) is 3.53. The number of methoxy groups -OCH3 is 1. The number of para-hydroxylation sites is 2. The first kappa shape index (κ1) is 20.0. The normalized spacial score (nSPS) is 14.2. The molecule has 164 valence electrons. The maximum atomic E-state index is 12.8. The highest BCUT2D eigenvalue weighted by Crippen LogP contribution is 2.27. The van der Waals surface area contributed by atoms with Crippen molar-refractivity contribution in [3.63, 3.8) is 0 Å². The number of hydrogen-bond donors (Lipinski definition) is 2. The zero-order valence-corrected chi connectivity index (χ0v) is 17.8. The van der Waals surface area contributed by atoms with Gasteiger partial charge in [0, 0.05) is 12.0 Å². The molecule has 0 bridgehead atoms. The first-order valence-corrected chi connectivity index (χ1v) is 10.5. The van der Waals surface area contributed by atoms with Crippen LogP contribution in [-0.2, 0) is 4.79 Å². The third kappa shape index (κ3) is 3.43. The summed E-state index contributed by atoms with van der Waals surface area (Å²) < 4.78 is 8.44. The Kier molecular flexibility index (Phi) is 4.96. The van der Waals surface area contributed by atoms with Crippen LogP contribution in [0.25, 0.3) is 22.7 Å². The molecule has 0 saturated heterocycles. The van der Waals surface area contributed by atoms with Crippen LogP contribution in [0.3, 0.4) is 0 Å². The number of ether oxygens (including phenoxy) is 1. The van der Waals surface area contributed by atoms with E-state index in [1.54, 1.807) is 17.9 Å². The second-order valence-corrected chi connectivity index (χ2v) is 7.91. The number of carbonyl (C=O) groups is 1. The molecular weight excluding hydrogens is 410 g/mol. The average molecular weight is 433 g/mol. The Labute approximate surface area is 183 Å². The predicted octanol–water partition coefficient (Wildman–Crippen LogP) is 2.74. The predicted molar refractivity (Wildman–Crippen MR) is 118 cm³/mol. The van der Waals surface area contributed by atoms with E-state index >= 15 is 0 Å². The number of carbonyl (C=O) groups excluding carboxylic acids is 1. The fourth-order valence-electron chi connectivity index (χ4n) is 4.15. The zero-order chi connectivity index (χ0) is 22.2. The molecular formula is C22H23N7O3. The number of amides is 1. The standard InChI is InChI=1S/C22H23N7O3/c1-13-11-18(24-20(30)14-7-3-4-8-14)29(27-13)22-25-19-15(21(31)26-22)12-23-28(19)16-9-5-6-10-17(16)32-2/h5-6,9-12,14H,3-4,7-8H2,1-2H3,(H,24,30)(H,25,26,31). The molecule has 1 aliphatic carbocycles. The number of nitrogens with one attached hydrogen (secondary N) is 2. The van der Waals surface area contributed by atoms with Gasteiger partial charge in [-0.3, -0.25) is 14.6 Å². The van der Waals surface area contributed by atoms with Crippen molar-refractivity contribution in [2.24, 2.45) is 5.92 Å². The zero-order valence-electron chi connectivity index (χ0n) is 17.8. The van der Waals surface area contributed by atoms with Crippen LogP contribution in [-0.4, -0.2) is 42.5 Å².